The van der Waals surface area contributed by atoms with E-state index in [0.29, 0.717) is 18.7 Å². The Morgan fingerprint density at radius 2 is 2.00 bits per heavy atom. The van der Waals surface area contributed by atoms with Crippen molar-refractivity contribution in [3.8, 4) is 5.75 Å². The molecule has 0 aromatic heterocycles. The highest BCUT2D eigenvalue weighted by Crippen LogP contribution is 2.35. The van der Waals surface area contributed by atoms with Gasteiger partial charge in [0.1, 0.15) is 5.60 Å². The first kappa shape index (κ1) is 20.5. The summed E-state index contributed by atoms with van der Waals surface area (Å²) in [5.74, 6) is -0.598. The molecule has 8 nitrogen and oxygen atoms in total. The van der Waals surface area contributed by atoms with Gasteiger partial charge in [0.25, 0.3) is 5.70 Å². The van der Waals surface area contributed by atoms with Gasteiger partial charge in [-0.3, -0.25) is 10.1 Å². The normalized spacial score (nSPS) is 13.2. The molecule has 27 heavy (non-hydrogen) atoms. The molecule has 1 amide bonds. The Hall–Kier alpha value is -2.84. The van der Waals surface area contributed by atoms with Crippen LogP contribution in [0.2, 0.25) is 0 Å². The molecule has 1 aliphatic heterocycles. The third kappa shape index (κ3) is 5.08. The van der Waals surface area contributed by atoms with Gasteiger partial charge in [-0.15, -0.1) is 0 Å². The lowest BCUT2D eigenvalue weighted by atomic mass is 10.1. The molecule has 0 N–H and O–H groups in total. The Morgan fingerprint density at radius 1 is 1.33 bits per heavy atom. The molecular formula is C18H24FN3O5. The number of likely N-dealkylation sites (N-methyl/N-ethyl adjacent to an activating group) is 2. The van der Waals surface area contributed by atoms with Crippen LogP contribution in [0.15, 0.2) is 17.8 Å². The van der Waals surface area contributed by atoms with E-state index in [4.69, 9.17) is 9.47 Å². The molecule has 0 radical (unpaired) electrons. The van der Waals surface area contributed by atoms with Crippen molar-refractivity contribution in [2.45, 2.75) is 26.4 Å². The van der Waals surface area contributed by atoms with Crippen LogP contribution in [0.3, 0.4) is 0 Å². The fourth-order valence-electron chi connectivity index (χ4n) is 2.44. The molecule has 0 unspecified atom stereocenters. The van der Waals surface area contributed by atoms with Crippen LogP contribution in [-0.2, 0) is 4.74 Å². The second-order valence-electron chi connectivity index (χ2n) is 7.32. The number of ether oxygens (including phenoxy) is 2. The van der Waals surface area contributed by atoms with Crippen molar-refractivity contribution >= 4 is 17.9 Å². The summed E-state index contributed by atoms with van der Waals surface area (Å²) in [4.78, 5) is 25.3. The lowest BCUT2D eigenvalue weighted by Gasteiger charge is -2.27. The molecule has 148 valence electrons. The van der Waals surface area contributed by atoms with Crippen LogP contribution in [0.1, 0.15) is 26.3 Å². The number of amides is 1. The number of fused-ring (bicyclic) bond motifs is 1. The Balaban J connectivity index is 2.07. The second-order valence-corrected chi connectivity index (χ2v) is 7.32. The molecule has 0 saturated carbocycles. The van der Waals surface area contributed by atoms with Crippen LogP contribution in [0.25, 0.3) is 6.08 Å². The van der Waals surface area contributed by atoms with Gasteiger partial charge in [-0.1, -0.05) is 0 Å². The Bertz CT molecular complexity index is 773. The number of nitrogens with zero attached hydrogens (tertiary/aromatic N) is 3. The number of hydrogen-bond acceptors (Lipinski definition) is 6. The summed E-state index contributed by atoms with van der Waals surface area (Å²) in [6.45, 7) is 5.76. The fraction of sp³-hybridized carbons (Fsp3) is 0.500. The number of halogens is 1. The molecule has 0 atom stereocenters. The molecule has 9 heteroatoms. The van der Waals surface area contributed by atoms with Crippen molar-refractivity contribution in [2.24, 2.45) is 0 Å². The summed E-state index contributed by atoms with van der Waals surface area (Å²) in [5, 5.41) is 10.8. The molecule has 0 fully saturated rings. The molecule has 0 spiro atoms. The molecular weight excluding hydrogens is 357 g/mol. The first-order valence-corrected chi connectivity index (χ1v) is 8.45. The number of hydrogen-bond donors (Lipinski definition) is 0. The third-order valence-electron chi connectivity index (χ3n) is 3.92. The van der Waals surface area contributed by atoms with Crippen LogP contribution >= 0.6 is 0 Å². The van der Waals surface area contributed by atoms with Crippen molar-refractivity contribution in [3.05, 3.63) is 39.3 Å². The monoisotopic (exact) mass is 381 g/mol. The number of carbonyl (C=O) groups is 1. The summed E-state index contributed by atoms with van der Waals surface area (Å²) in [6.07, 6.45) is 0.852. The van der Waals surface area contributed by atoms with E-state index >= 15 is 0 Å². The van der Waals surface area contributed by atoms with Gasteiger partial charge in [-0.05, 0) is 32.9 Å². The molecule has 1 heterocycles. The zero-order chi connectivity index (χ0) is 20.4. The van der Waals surface area contributed by atoms with E-state index in [-0.39, 0.29) is 23.7 Å². The van der Waals surface area contributed by atoms with Crippen LogP contribution in [-0.4, -0.2) is 55.3 Å². The van der Waals surface area contributed by atoms with Crippen molar-refractivity contribution in [1.29, 1.82) is 0 Å². The highest BCUT2D eigenvalue weighted by Gasteiger charge is 2.25. The zero-order valence-electron chi connectivity index (χ0n) is 16.1. The largest absolute Gasteiger partial charge is 0.479 e. The van der Waals surface area contributed by atoms with Gasteiger partial charge in [0.2, 0.25) is 0 Å². The minimum atomic E-state index is -0.589. The second kappa shape index (κ2) is 7.81. The maximum Gasteiger partial charge on any atom is 0.410 e. The minimum absolute atomic E-state index is 0.00885. The number of nitro groups is 1. The lowest BCUT2D eigenvalue weighted by Crippen LogP contribution is -2.38. The molecule has 0 bridgehead atoms. The highest BCUT2D eigenvalue weighted by atomic mass is 19.1. The summed E-state index contributed by atoms with van der Waals surface area (Å²) in [5.41, 5.74) is -0.102. The van der Waals surface area contributed by atoms with E-state index < -0.39 is 22.4 Å². The molecule has 0 saturated heterocycles. The van der Waals surface area contributed by atoms with Gasteiger partial charge in [-0.25, -0.2) is 9.18 Å². The topological polar surface area (TPSA) is 85.1 Å². The van der Waals surface area contributed by atoms with E-state index in [1.165, 1.54) is 17.0 Å². The lowest BCUT2D eigenvalue weighted by molar-refractivity contribution is -0.427. The Kier molecular flexibility index (Phi) is 5.92. The highest BCUT2D eigenvalue weighted by molar-refractivity contribution is 5.68. The average Bonchev–Trinajstić information content (AvgIpc) is 2.57. The average molecular weight is 381 g/mol. The number of benzene rings is 1. The minimum Gasteiger partial charge on any atom is -0.479 e. The third-order valence-corrected chi connectivity index (χ3v) is 3.92. The van der Waals surface area contributed by atoms with Crippen molar-refractivity contribution in [2.75, 3.05) is 38.7 Å². The summed E-state index contributed by atoms with van der Waals surface area (Å²) < 4.78 is 25.3. The predicted octanol–water partition coefficient (Wildman–Crippen LogP) is 3.14. The maximum atomic E-state index is 14.8. The summed E-state index contributed by atoms with van der Waals surface area (Å²) in [7, 11) is 3.30. The van der Waals surface area contributed by atoms with E-state index in [0.717, 1.165) is 0 Å². The first-order chi connectivity index (χ1) is 12.5. The van der Waals surface area contributed by atoms with E-state index in [2.05, 4.69) is 0 Å². The molecule has 1 aromatic rings. The van der Waals surface area contributed by atoms with Gasteiger partial charge in [0.15, 0.2) is 18.2 Å². The van der Waals surface area contributed by atoms with Crippen molar-refractivity contribution < 1.29 is 23.6 Å². The van der Waals surface area contributed by atoms with Crippen LogP contribution in [0, 0.1) is 15.9 Å². The molecule has 2 rings (SSSR count). The van der Waals surface area contributed by atoms with Gasteiger partial charge >= 0.3 is 6.09 Å². The maximum absolute atomic E-state index is 14.8. The zero-order valence-corrected chi connectivity index (χ0v) is 16.1. The number of anilines is 1. The standard InChI is InChI=1S/C18H24FN3O5/c1-18(2,3)27-17(23)21(5)9-8-20(4)14-7-6-12-10-13(22(24)25)11-26-16(12)15(14)19/h6-7,10H,8-9,11H2,1-5H3. The quantitative estimate of drug-likeness (QED) is 0.575. The van der Waals surface area contributed by atoms with Crippen LogP contribution in [0.5, 0.6) is 5.75 Å². The molecule has 0 aliphatic carbocycles. The van der Waals surface area contributed by atoms with Gasteiger partial charge < -0.3 is 19.3 Å². The smallest absolute Gasteiger partial charge is 0.410 e. The molecule has 1 aromatic carbocycles. The van der Waals surface area contributed by atoms with Gasteiger partial charge in [0.05, 0.1) is 10.6 Å². The van der Waals surface area contributed by atoms with Crippen molar-refractivity contribution in [3.63, 3.8) is 0 Å². The SMILES string of the molecule is CN(CCN(C)c1ccc2c(c1F)OCC([N+](=O)[O-])=C2)C(=O)OC(C)(C)C. The van der Waals surface area contributed by atoms with Crippen LogP contribution < -0.4 is 9.64 Å². The van der Waals surface area contributed by atoms with E-state index in [1.807, 2.05) is 0 Å². The molecule has 1 aliphatic rings. The summed E-state index contributed by atoms with van der Waals surface area (Å²) >= 11 is 0. The van der Waals surface area contributed by atoms with E-state index in [9.17, 15) is 19.3 Å². The van der Waals surface area contributed by atoms with Gasteiger partial charge in [-0.2, -0.15) is 0 Å². The summed E-state index contributed by atoms with van der Waals surface area (Å²) in [6, 6.07) is 3.11. The number of rotatable bonds is 5. The Labute approximate surface area is 157 Å². The number of carbonyl (C=O) groups excluding carboxylic acids is 1. The fourth-order valence-corrected chi connectivity index (χ4v) is 2.44. The van der Waals surface area contributed by atoms with Crippen LogP contribution in [0.4, 0.5) is 14.9 Å². The first-order valence-electron chi connectivity index (χ1n) is 8.45. The van der Waals surface area contributed by atoms with Gasteiger partial charge in [0, 0.05) is 38.8 Å². The Morgan fingerprint density at radius 3 is 2.59 bits per heavy atom. The van der Waals surface area contributed by atoms with Crippen molar-refractivity contribution in [1.82, 2.24) is 4.90 Å². The van der Waals surface area contributed by atoms with E-state index in [1.54, 1.807) is 45.8 Å². The predicted molar refractivity (Wildman–Crippen MR) is 99.0 cm³/mol.